The fourth-order valence-corrected chi connectivity index (χ4v) is 5.46. The minimum Gasteiger partial charge on any atom is -0.309 e. The monoisotopic (exact) mass is 571 g/mol. The summed E-state index contributed by atoms with van der Waals surface area (Å²) >= 11 is 6.24. The van der Waals surface area contributed by atoms with Crippen LogP contribution in [0.5, 0.6) is 0 Å². The van der Waals surface area contributed by atoms with Gasteiger partial charge in [0.15, 0.2) is 0 Å². The molecule has 6 rings (SSSR count). The van der Waals surface area contributed by atoms with E-state index in [0.717, 1.165) is 44.2 Å². The van der Waals surface area contributed by atoms with Crippen LogP contribution >= 0.6 is 11.6 Å². The Balaban J connectivity index is 1.60. The van der Waals surface area contributed by atoms with Gasteiger partial charge < -0.3 is 4.57 Å². The largest absolute Gasteiger partial charge is 0.335 e. The fourth-order valence-electron chi connectivity index (χ4n) is 5.34. The van der Waals surface area contributed by atoms with Gasteiger partial charge in [0.05, 0.1) is 17.1 Å². The Labute approximate surface area is 248 Å². The van der Waals surface area contributed by atoms with Crippen LogP contribution in [-0.4, -0.2) is 22.4 Å². The van der Waals surface area contributed by atoms with Crippen molar-refractivity contribution in [3.05, 3.63) is 136 Å². The highest BCUT2D eigenvalue weighted by molar-refractivity contribution is 6.39. The molecule has 0 spiro atoms. The van der Waals surface area contributed by atoms with E-state index in [1.54, 1.807) is 18.2 Å². The van der Waals surface area contributed by atoms with Gasteiger partial charge in [-0.05, 0) is 84.6 Å². The van der Waals surface area contributed by atoms with Gasteiger partial charge in [0.2, 0.25) is 0 Å². The van der Waals surface area contributed by atoms with E-state index in [0.29, 0.717) is 16.3 Å². The summed E-state index contributed by atoms with van der Waals surface area (Å²) in [6.45, 7) is 3.78. The predicted molar refractivity (Wildman–Crippen MR) is 167 cm³/mol. The van der Waals surface area contributed by atoms with Crippen LogP contribution in [0, 0.1) is 13.8 Å². The molecule has 1 fully saturated rings. The minimum absolute atomic E-state index is 0.140. The van der Waals surface area contributed by atoms with Gasteiger partial charge in [0.1, 0.15) is 5.57 Å². The van der Waals surface area contributed by atoms with Gasteiger partial charge in [-0.15, -0.1) is 0 Å². The first-order chi connectivity index (χ1) is 20.3. The van der Waals surface area contributed by atoms with Crippen molar-refractivity contribution in [3.63, 3.8) is 0 Å². The van der Waals surface area contributed by atoms with Gasteiger partial charge in [-0.2, -0.15) is 0 Å². The second-order valence-electron chi connectivity index (χ2n) is 10.2. The standard InChI is InChI=1S/C35H26ClN3O3/c1-22-17-23(2)19-29(18-22)39-34(41)30(33(40)37-35(39)42)20-26-21-31(24-9-5-3-6-10-24)38(28-15-13-27(36)14-16-28)32(26)25-11-7-4-8-12-25/h3-21H,1-2H3,(H,37,40,42)/b30-20-. The van der Waals surface area contributed by atoms with Crippen molar-refractivity contribution in [2.24, 2.45) is 0 Å². The molecule has 42 heavy (non-hydrogen) atoms. The Hall–Kier alpha value is -5.20. The van der Waals surface area contributed by atoms with Crippen molar-refractivity contribution < 1.29 is 14.4 Å². The molecular weight excluding hydrogens is 546 g/mol. The number of aryl methyl sites for hydroxylation is 2. The Morgan fingerprint density at radius 2 is 1.29 bits per heavy atom. The highest BCUT2D eigenvalue weighted by atomic mass is 35.5. The lowest BCUT2D eigenvalue weighted by Crippen LogP contribution is -2.54. The number of aromatic nitrogens is 1. The van der Waals surface area contributed by atoms with E-state index in [1.807, 2.05) is 111 Å². The first kappa shape index (κ1) is 27.0. The summed E-state index contributed by atoms with van der Waals surface area (Å²) in [6.07, 6.45) is 1.57. The number of hydrogen-bond donors (Lipinski definition) is 1. The molecular formula is C35H26ClN3O3. The third-order valence-corrected chi connectivity index (χ3v) is 7.35. The third-order valence-electron chi connectivity index (χ3n) is 7.10. The number of benzene rings is 4. The Bertz CT molecular complexity index is 1850. The first-order valence-corrected chi connectivity index (χ1v) is 13.8. The number of anilines is 1. The molecule has 4 amide bonds. The quantitative estimate of drug-likeness (QED) is 0.173. The summed E-state index contributed by atoms with van der Waals surface area (Å²) in [5, 5.41) is 2.96. The number of amides is 4. The summed E-state index contributed by atoms with van der Waals surface area (Å²) in [5.74, 6) is -1.43. The van der Waals surface area contributed by atoms with Crippen molar-refractivity contribution in [1.29, 1.82) is 0 Å². The van der Waals surface area contributed by atoms with Gasteiger partial charge in [-0.25, -0.2) is 9.69 Å². The second kappa shape index (κ2) is 11.0. The molecule has 0 radical (unpaired) electrons. The predicted octanol–water partition coefficient (Wildman–Crippen LogP) is 7.75. The average molecular weight is 572 g/mol. The third kappa shape index (κ3) is 5.04. The molecule has 0 aliphatic carbocycles. The highest BCUT2D eigenvalue weighted by Crippen LogP contribution is 2.38. The van der Waals surface area contributed by atoms with E-state index in [2.05, 4.69) is 9.88 Å². The fraction of sp³-hybridized carbons (Fsp3) is 0.0571. The van der Waals surface area contributed by atoms with Gasteiger partial charge in [-0.3, -0.25) is 14.9 Å². The zero-order valence-corrected chi connectivity index (χ0v) is 23.7. The number of barbiturate groups is 1. The number of nitrogens with zero attached hydrogens (tertiary/aromatic N) is 2. The molecule has 6 nitrogen and oxygen atoms in total. The minimum atomic E-state index is -0.779. The van der Waals surface area contributed by atoms with E-state index in [-0.39, 0.29) is 5.57 Å². The smallest absolute Gasteiger partial charge is 0.309 e. The molecule has 7 heteroatoms. The number of carbonyl (C=O) groups excluding carboxylic acids is 3. The van der Waals surface area contributed by atoms with Gasteiger partial charge in [0.25, 0.3) is 11.8 Å². The van der Waals surface area contributed by atoms with Crippen molar-refractivity contribution in [2.45, 2.75) is 13.8 Å². The van der Waals surface area contributed by atoms with E-state index < -0.39 is 17.8 Å². The lowest BCUT2D eigenvalue weighted by Gasteiger charge is -2.27. The van der Waals surface area contributed by atoms with Crippen LogP contribution < -0.4 is 10.2 Å². The van der Waals surface area contributed by atoms with Crippen LogP contribution in [0.2, 0.25) is 5.02 Å². The lowest BCUT2D eigenvalue weighted by atomic mass is 10.0. The van der Waals surface area contributed by atoms with Crippen LogP contribution in [0.25, 0.3) is 34.3 Å². The number of halogens is 1. The number of nitrogens with one attached hydrogen (secondary N) is 1. The van der Waals surface area contributed by atoms with Crippen LogP contribution in [0.3, 0.4) is 0 Å². The molecule has 1 N–H and O–H groups in total. The van der Waals surface area contributed by atoms with Crippen LogP contribution in [-0.2, 0) is 9.59 Å². The number of rotatable bonds is 5. The molecule has 2 heterocycles. The maximum atomic E-state index is 13.8. The Morgan fingerprint density at radius 3 is 1.90 bits per heavy atom. The number of hydrogen-bond acceptors (Lipinski definition) is 3. The van der Waals surface area contributed by atoms with Crippen molar-refractivity contribution in [2.75, 3.05) is 4.90 Å². The van der Waals surface area contributed by atoms with Gasteiger partial charge >= 0.3 is 6.03 Å². The summed E-state index contributed by atoms with van der Waals surface area (Å²) in [5.41, 5.74) is 7.01. The maximum absolute atomic E-state index is 13.8. The molecule has 1 aromatic heterocycles. The molecule has 1 aliphatic rings. The molecule has 0 unspecified atom stereocenters. The lowest BCUT2D eigenvalue weighted by molar-refractivity contribution is -0.122. The van der Waals surface area contributed by atoms with Crippen molar-refractivity contribution in [1.82, 2.24) is 9.88 Å². The second-order valence-corrected chi connectivity index (χ2v) is 10.6. The number of imide groups is 2. The molecule has 0 atom stereocenters. The molecule has 4 aromatic carbocycles. The Morgan fingerprint density at radius 1 is 0.690 bits per heavy atom. The molecule has 1 aliphatic heterocycles. The number of urea groups is 1. The molecule has 0 saturated carbocycles. The first-order valence-electron chi connectivity index (χ1n) is 13.4. The highest BCUT2D eigenvalue weighted by Gasteiger charge is 2.37. The summed E-state index contributed by atoms with van der Waals surface area (Å²) in [4.78, 5) is 41.0. The Kier molecular flexibility index (Phi) is 7.07. The van der Waals surface area contributed by atoms with E-state index in [9.17, 15) is 14.4 Å². The zero-order chi connectivity index (χ0) is 29.4. The molecule has 5 aromatic rings. The molecule has 1 saturated heterocycles. The van der Waals surface area contributed by atoms with Gasteiger partial charge in [0, 0.05) is 16.3 Å². The van der Waals surface area contributed by atoms with Crippen LogP contribution in [0.4, 0.5) is 10.5 Å². The van der Waals surface area contributed by atoms with E-state index >= 15 is 0 Å². The summed E-state index contributed by atoms with van der Waals surface area (Å²) < 4.78 is 2.09. The summed E-state index contributed by atoms with van der Waals surface area (Å²) in [7, 11) is 0. The van der Waals surface area contributed by atoms with Crippen LogP contribution in [0.1, 0.15) is 16.7 Å². The topological polar surface area (TPSA) is 71.4 Å². The normalized spacial score (nSPS) is 14.4. The van der Waals surface area contributed by atoms with Crippen LogP contribution in [0.15, 0.2) is 115 Å². The average Bonchev–Trinajstić information content (AvgIpc) is 3.35. The number of carbonyl (C=O) groups is 3. The maximum Gasteiger partial charge on any atom is 0.335 e. The SMILES string of the molecule is Cc1cc(C)cc(N2C(=O)NC(=O)/C(=C/c3cc(-c4ccccc4)n(-c4ccc(Cl)cc4)c3-c3ccccc3)C2=O)c1. The molecule has 0 bridgehead atoms. The zero-order valence-electron chi connectivity index (χ0n) is 23.0. The summed E-state index contributed by atoms with van der Waals surface area (Å²) in [6, 6.07) is 33.8. The van der Waals surface area contributed by atoms with Gasteiger partial charge in [-0.1, -0.05) is 78.3 Å². The van der Waals surface area contributed by atoms with E-state index in [4.69, 9.17) is 11.6 Å². The molecule has 206 valence electrons. The van der Waals surface area contributed by atoms with Crippen molar-refractivity contribution in [3.8, 4) is 28.2 Å². The van der Waals surface area contributed by atoms with Crippen molar-refractivity contribution >= 4 is 41.2 Å². The van der Waals surface area contributed by atoms with E-state index in [1.165, 1.54) is 0 Å².